The lowest BCUT2D eigenvalue weighted by molar-refractivity contribution is 0.0698. The van der Waals surface area contributed by atoms with Crippen LogP contribution in [0.15, 0.2) is 45.7 Å². The van der Waals surface area contributed by atoms with Crippen LogP contribution in [-0.4, -0.2) is 29.1 Å². The van der Waals surface area contributed by atoms with E-state index in [1.807, 2.05) is 0 Å². The molecular weight excluding hydrogens is 340 g/mol. The minimum Gasteiger partial charge on any atom is -0.478 e. The Kier molecular flexibility index (Phi) is 4.64. The van der Waals surface area contributed by atoms with Gasteiger partial charge in [-0.1, -0.05) is 15.9 Å². The second-order valence-corrected chi connectivity index (χ2v) is 5.33. The monoisotopic (exact) mass is 352 g/mol. The SMILES string of the molecule is CN(Cc1ccoc1)C(=O)Nc1cc(Br)ccc1C(=O)O. The van der Waals surface area contributed by atoms with Crippen LogP contribution in [0.1, 0.15) is 15.9 Å². The number of urea groups is 1. The van der Waals surface area contributed by atoms with Gasteiger partial charge >= 0.3 is 12.0 Å². The van der Waals surface area contributed by atoms with E-state index in [0.717, 1.165) is 5.56 Å². The van der Waals surface area contributed by atoms with E-state index in [9.17, 15) is 9.59 Å². The van der Waals surface area contributed by atoms with Crippen LogP contribution in [0.3, 0.4) is 0 Å². The van der Waals surface area contributed by atoms with E-state index < -0.39 is 12.0 Å². The summed E-state index contributed by atoms with van der Waals surface area (Å²) in [5.41, 5.74) is 1.12. The number of nitrogens with zero attached hydrogens (tertiary/aromatic N) is 1. The fourth-order valence-electron chi connectivity index (χ4n) is 1.75. The summed E-state index contributed by atoms with van der Waals surface area (Å²) in [5.74, 6) is -1.10. The molecule has 21 heavy (non-hydrogen) atoms. The largest absolute Gasteiger partial charge is 0.478 e. The van der Waals surface area contributed by atoms with Gasteiger partial charge in [0.15, 0.2) is 0 Å². The lowest BCUT2D eigenvalue weighted by atomic mass is 10.2. The third-order valence-corrected chi connectivity index (χ3v) is 3.29. The van der Waals surface area contributed by atoms with Gasteiger partial charge in [0.1, 0.15) is 0 Å². The number of hydrogen-bond acceptors (Lipinski definition) is 3. The Morgan fingerprint density at radius 2 is 2.14 bits per heavy atom. The maximum atomic E-state index is 12.1. The molecule has 6 nitrogen and oxygen atoms in total. The number of furan rings is 1. The van der Waals surface area contributed by atoms with Crippen molar-refractivity contribution in [3.05, 3.63) is 52.4 Å². The van der Waals surface area contributed by atoms with Gasteiger partial charge in [0.25, 0.3) is 0 Å². The molecule has 1 heterocycles. The number of benzene rings is 1. The first-order valence-electron chi connectivity index (χ1n) is 6.03. The van der Waals surface area contributed by atoms with Crippen molar-refractivity contribution in [3.8, 4) is 0 Å². The number of carbonyl (C=O) groups excluding carboxylic acids is 1. The number of aromatic carboxylic acids is 1. The summed E-state index contributed by atoms with van der Waals surface area (Å²) in [5, 5.41) is 11.7. The van der Waals surface area contributed by atoms with Crippen LogP contribution >= 0.6 is 15.9 Å². The van der Waals surface area contributed by atoms with Crippen LogP contribution in [0.2, 0.25) is 0 Å². The molecule has 2 amide bonds. The summed E-state index contributed by atoms with van der Waals surface area (Å²) >= 11 is 3.25. The van der Waals surface area contributed by atoms with Crippen LogP contribution in [-0.2, 0) is 6.54 Å². The average molecular weight is 353 g/mol. The number of anilines is 1. The molecule has 0 aliphatic carbocycles. The first kappa shape index (κ1) is 15.1. The number of amides is 2. The molecule has 0 saturated heterocycles. The number of nitrogens with one attached hydrogen (secondary N) is 1. The van der Waals surface area contributed by atoms with Gasteiger partial charge in [0, 0.05) is 17.1 Å². The number of carboxylic acid groups (broad SMARTS) is 1. The second kappa shape index (κ2) is 6.45. The Hall–Kier alpha value is -2.28. The van der Waals surface area contributed by atoms with E-state index in [0.29, 0.717) is 11.0 Å². The molecule has 0 bridgehead atoms. The van der Waals surface area contributed by atoms with Gasteiger partial charge in [-0.25, -0.2) is 9.59 Å². The fraction of sp³-hybridized carbons (Fsp3) is 0.143. The molecule has 2 rings (SSSR count). The lowest BCUT2D eigenvalue weighted by Gasteiger charge is -2.18. The molecule has 7 heteroatoms. The van der Waals surface area contributed by atoms with Crippen LogP contribution in [0.25, 0.3) is 0 Å². The molecule has 0 fully saturated rings. The molecule has 2 aromatic rings. The Morgan fingerprint density at radius 1 is 1.38 bits per heavy atom. The van der Waals surface area contributed by atoms with E-state index in [1.54, 1.807) is 31.5 Å². The van der Waals surface area contributed by atoms with Crippen molar-refractivity contribution in [1.82, 2.24) is 4.90 Å². The number of hydrogen-bond donors (Lipinski definition) is 2. The minimum absolute atomic E-state index is 0.0308. The van der Waals surface area contributed by atoms with Crippen LogP contribution < -0.4 is 5.32 Å². The zero-order chi connectivity index (χ0) is 15.4. The van der Waals surface area contributed by atoms with Crippen LogP contribution in [0.4, 0.5) is 10.5 Å². The molecule has 0 radical (unpaired) electrons. The zero-order valence-electron chi connectivity index (χ0n) is 11.2. The van der Waals surface area contributed by atoms with Crippen LogP contribution in [0, 0.1) is 0 Å². The molecule has 1 aromatic heterocycles. The predicted octanol–water partition coefficient (Wildman–Crippen LogP) is 3.40. The molecule has 0 spiro atoms. The van der Waals surface area contributed by atoms with Crippen molar-refractivity contribution in [3.63, 3.8) is 0 Å². The minimum atomic E-state index is -1.10. The van der Waals surface area contributed by atoms with Gasteiger partial charge in [-0.15, -0.1) is 0 Å². The third-order valence-electron chi connectivity index (χ3n) is 2.80. The van der Waals surface area contributed by atoms with Gasteiger partial charge in [0.2, 0.25) is 0 Å². The van der Waals surface area contributed by atoms with Gasteiger partial charge in [-0.2, -0.15) is 0 Å². The Balaban J connectivity index is 2.11. The van der Waals surface area contributed by atoms with Gasteiger partial charge in [0.05, 0.1) is 30.3 Å². The summed E-state index contributed by atoms with van der Waals surface area (Å²) < 4.78 is 5.62. The molecular formula is C14H13BrN2O4. The molecule has 1 aromatic carbocycles. The number of carbonyl (C=O) groups is 2. The Morgan fingerprint density at radius 3 is 2.76 bits per heavy atom. The molecule has 0 atom stereocenters. The van der Waals surface area contributed by atoms with Gasteiger partial charge in [-0.3, -0.25) is 0 Å². The third kappa shape index (κ3) is 3.85. The van der Waals surface area contributed by atoms with Crippen molar-refractivity contribution in [2.45, 2.75) is 6.54 Å². The van der Waals surface area contributed by atoms with Crippen molar-refractivity contribution in [2.75, 3.05) is 12.4 Å². The van der Waals surface area contributed by atoms with E-state index in [-0.39, 0.29) is 11.3 Å². The Labute approximate surface area is 129 Å². The molecule has 2 N–H and O–H groups in total. The summed E-state index contributed by atoms with van der Waals surface area (Å²) in [4.78, 5) is 24.7. The van der Waals surface area contributed by atoms with E-state index >= 15 is 0 Å². The molecule has 0 aliphatic heterocycles. The topological polar surface area (TPSA) is 82.8 Å². The summed E-state index contributed by atoms with van der Waals surface area (Å²) in [7, 11) is 1.61. The Bertz CT molecular complexity index is 655. The zero-order valence-corrected chi connectivity index (χ0v) is 12.8. The van der Waals surface area contributed by atoms with Crippen molar-refractivity contribution >= 4 is 33.6 Å². The number of rotatable bonds is 4. The highest BCUT2D eigenvalue weighted by Crippen LogP contribution is 2.22. The van der Waals surface area contributed by atoms with Crippen LogP contribution in [0.5, 0.6) is 0 Å². The van der Waals surface area contributed by atoms with E-state index in [2.05, 4.69) is 21.2 Å². The number of carboxylic acids is 1. The molecule has 0 saturated carbocycles. The van der Waals surface area contributed by atoms with E-state index in [4.69, 9.17) is 9.52 Å². The maximum Gasteiger partial charge on any atom is 0.337 e. The summed E-state index contributed by atoms with van der Waals surface area (Å²) in [6, 6.07) is 5.93. The quantitative estimate of drug-likeness (QED) is 0.883. The molecule has 110 valence electrons. The highest BCUT2D eigenvalue weighted by molar-refractivity contribution is 9.10. The van der Waals surface area contributed by atoms with Gasteiger partial charge in [-0.05, 0) is 24.3 Å². The van der Waals surface area contributed by atoms with Crippen molar-refractivity contribution < 1.29 is 19.1 Å². The standard InChI is InChI=1S/C14H13BrN2O4/c1-17(7-9-4-5-21-8-9)14(20)16-12-6-10(15)2-3-11(12)13(18)19/h2-6,8H,7H2,1H3,(H,16,20)(H,18,19). The normalized spacial score (nSPS) is 10.2. The first-order valence-corrected chi connectivity index (χ1v) is 6.82. The lowest BCUT2D eigenvalue weighted by Crippen LogP contribution is -2.31. The highest BCUT2D eigenvalue weighted by atomic mass is 79.9. The highest BCUT2D eigenvalue weighted by Gasteiger charge is 2.15. The van der Waals surface area contributed by atoms with Crippen molar-refractivity contribution in [1.29, 1.82) is 0 Å². The smallest absolute Gasteiger partial charge is 0.337 e. The first-order chi connectivity index (χ1) is 9.97. The van der Waals surface area contributed by atoms with Gasteiger partial charge < -0.3 is 19.7 Å². The number of halogens is 1. The fourth-order valence-corrected chi connectivity index (χ4v) is 2.11. The second-order valence-electron chi connectivity index (χ2n) is 4.41. The van der Waals surface area contributed by atoms with E-state index in [1.165, 1.54) is 17.2 Å². The summed E-state index contributed by atoms with van der Waals surface area (Å²) in [6.07, 6.45) is 3.07. The summed E-state index contributed by atoms with van der Waals surface area (Å²) in [6.45, 7) is 0.360. The van der Waals surface area contributed by atoms with Crippen molar-refractivity contribution in [2.24, 2.45) is 0 Å². The molecule has 0 aliphatic rings. The average Bonchev–Trinajstić information content (AvgIpc) is 2.91. The maximum absolute atomic E-state index is 12.1. The molecule has 0 unspecified atom stereocenters. The predicted molar refractivity (Wildman–Crippen MR) is 80.3 cm³/mol.